The molecule has 5 nitrogen and oxygen atoms in total. The van der Waals surface area contributed by atoms with Gasteiger partial charge in [-0.15, -0.1) is 0 Å². The first-order valence-electron chi connectivity index (χ1n) is 5.63. The second kappa shape index (κ2) is 4.47. The molecule has 86 valence electrons. The van der Waals surface area contributed by atoms with Gasteiger partial charge in [-0.1, -0.05) is 19.8 Å². The number of aromatic amines is 1. The van der Waals surface area contributed by atoms with Gasteiger partial charge in [-0.25, -0.2) is 14.8 Å². The second-order valence-electron chi connectivity index (χ2n) is 3.97. The van der Waals surface area contributed by atoms with E-state index < -0.39 is 0 Å². The molecule has 0 amide bonds. The maximum atomic E-state index is 11.3. The van der Waals surface area contributed by atoms with E-state index in [1.807, 2.05) is 0 Å². The minimum Gasteiger partial charge on any atom is -0.292 e. The van der Waals surface area contributed by atoms with Crippen molar-refractivity contribution in [1.82, 2.24) is 19.5 Å². The minimum absolute atomic E-state index is 0.144. The van der Waals surface area contributed by atoms with Crippen LogP contribution < -0.4 is 5.69 Å². The van der Waals surface area contributed by atoms with Crippen molar-refractivity contribution < 1.29 is 0 Å². The molecule has 0 saturated heterocycles. The monoisotopic (exact) mass is 220 g/mol. The minimum atomic E-state index is -0.144. The quantitative estimate of drug-likeness (QED) is 0.792. The Morgan fingerprint density at radius 2 is 2.25 bits per heavy atom. The fraction of sp³-hybridized carbons (Fsp3) is 0.545. The SMILES string of the molecule is CCCCCc1ncc2c(n1)[nH]c(=O)n2C. The summed E-state index contributed by atoms with van der Waals surface area (Å²) in [6.07, 6.45) is 6.05. The van der Waals surface area contributed by atoms with Gasteiger partial charge in [-0.2, -0.15) is 0 Å². The maximum Gasteiger partial charge on any atom is 0.327 e. The highest BCUT2D eigenvalue weighted by Crippen LogP contribution is 2.07. The highest BCUT2D eigenvalue weighted by atomic mass is 16.1. The lowest BCUT2D eigenvalue weighted by Gasteiger charge is -1.99. The first-order valence-corrected chi connectivity index (χ1v) is 5.63. The lowest BCUT2D eigenvalue weighted by molar-refractivity contribution is 0.695. The molecule has 0 unspecified atom stereocenters. The number of H-pyrrole nitrogens is 1. The van der Waals surface area contributed by atoms with E-state index in [0.29, 0.717) is 5.65 Å². The Labute approximate surface area is 93.5 Å². The summed E-state index contributed by atoms with van der Waals surface area (Å²) in [7, 11) is 1.71. The zero-order valence-electron chi connectivity index (χ0n) is 9.66. The lowest BCUT2D eigenvalue weighted by atomic mass is 10.2. The fourth-order valence-electron chi connectivity index (χ4n) is 1.70. The van der Waals surface area contributed by atoms with Crippen LogP contribution in [0.1, 0.15) is 32.0 Å². The van der Waals surface area contributed by atoms with Gasteiger partial charge in [0.25, 0.3) is 0 Å². The van der Waals surface area contributed by atoms with Crippen molar-refractivity contribution in [2.45, 2.75) is 32.6 Å². The van der Waals surface area contributed by atoms with Crippen LogP contribution in [0, 0.1) is 0 Å². The van der Waals surface area contributed by atoms with Gasteiger partial charge in [-0.05, 0) is 6.42 Å². The van der Waals surface area contributed by atoms with Gasteiger partial charge in [-0.3, -0.25) is 9.55 Å². The largest absolute Gasteiger partial charge is 0.327 e. The van der Waals surface area contributed by atoms with Gasteiger partial charge in [0.05, 0.1) is 6.20 Å². The zero-order valence-corrected chi connectivity index (χ0v) is 9.66. The van der Waals surface area contributed by atoms with E-state index in [9.17, 15) is 4.79 Å². The molecule has 1 N–H and O–H groups in total. The van der Waals surface area contributed by atoms with Crippen molar-refractivity contribution >= 4 is 11.2 Å². The third kappa shape index (κ3) is 1.98. The Hall–Kier alpha value is -1.65. The molecule has 0 aliphatic rings. The standard InChI is InChI=1S/C11H16N4O/c1-3-4-5-6-9-12-7-8-10(13-9)14-11(16)15(8)2/h7H,3-6H2,1-2H3,(H,12,13,14,16). The third-order valence-corrected chi connectivity index (χ3v) is 2.71. The molecule has 0 fully saturated rings. The van der Waals surface area contributed by atoms with Crippen LogP contribution in [-0.4, -0.2) is 19.5 Å². The van der Waals surface area contributed by atoms with Gasteiger partial charge in [0.15, 0.2) is 5.65 Å². The van der Waals surface area contributed by atoms with Crippen molar-refractivity contribution in [3.05, 3.63) is 22.5 Å². The highest BCUT2D eigenvalue weighted by Gasteiger charge is 2.05. The summed E-state index contributed by atoms with van der Waals surface area (Å²) in [6, 6.07) is 0. The summed E-state index contributed by atoms with van der Waals surface area (Å²) in [5, 5.41) is 0. The molecule has 2 heterocycles. The average Bonchev–Trinajstić information content (AvgIpc) is 2.55. The number of aryl methyl sites for hydroxylation is 2. The number of hydrogen-bond acceptors (Lipinski definition) is 3. The molecule has 5 heteroatoms. The summed E-state index contributed by atoms with van der Waals surface area (Å²) >= 11 is 0. The number of aromatic nitrogens is 4. The number of hydrogen-bond donors (Lipinski definition) is 1. The average molecular weight is 220 g/mol. The van der Waals surface area contributed by atoms with Gasteiger partial charge in [0.1, 0.15) is 11.3 Å². The Morgan fingerprint density at radius 1 is 1.44 bits per heavy atom. The molecule has 0 saturated carbocycles. The van der Waals surface area contributed by atoms with E-state index in [1.165, 1.54) is 17.4 Å². The van der Waals surface area contributed by atoms with Crippen molar-refractivity contribution in [3.63, 3.8) is 0 Å². The molecular weight excluding hydrogens is 204 g/mol. The number of nitrogens with one attached hydrogen (secondary N) is 1. The molecule has 2 aromatic rings. The summed E-state index contributed by atoms with van der Waals surface area (Å²) in [5.41, 5.74) is 1.24. The fourth-order valence-corrected chi connectivity index (χ4v) is 1.70. The van der Waals surface area contributed by atoms with Gasteiger partial charge in [0.2, 0.25) is 0 Å². The molecule has 0 bridgehead atoms. The number of nitrogens with zero attached hydrogens (tertiary/aromatic N) is 3. The van der Waals surface area contributed by atoms with E-state index in [4.69, 9.17) is 0 Å². The molecule has 0 spiro atoms. The molecule has 0 aliphatic heterocycles. The molecule has 2 aromatic heterocycles. The second-order valence-corrected chi connectivity index (χ2v) is 3.97. The van der Waals surface area contributed by atoms with E-state index in [-0.39, 0.29) is 5.69 Å². The smallest absolute Gasteiger partial charge is 0.292 e. The van der Waals surface area contributed by atoms with Crippen molar-refractivity contribution in [2.75, 3.05) is 0 Å². The van der Waals surface area contributed by atoms with E-state index in [1.54, 1.807) is 13.2 Å². The van der Waals surface area contributed by atoms with Gasteiger partial charge < -0.3 is 0 Å². The molecule has 0 aromatic carbocycles. The van der Waals surface area contributed by atoms with E-state index in [0.717, 1.165) is 24.2 Å². The molecule has 16 heavy (non-hydrogen) atoms. The van der Waals surface area contributed by atoms with Crippen LogP contribution in [0.3, 0.4) is 0 Å². The van der Waals surface area contributed by atoms with E-state index >= 15 is 0 Å². The third-order valence-electron chi connectivity index (χ3n) is 2.71. The first kappa shape index (κ1) is 10.9. The Kier molecular flexibility index (Phi) is 3.03. The normalized spacial score (nSPS) is 11.1. The summed E-state index contributed by atoms with van der Waals surface area (Å²) in [6.45, 7) is 2.17. The number of imidazole rings is 1. The summed E-state index contributed by atoms with van der Waals surface area (Å²) < 4.78 is 1.52. The molecular formula is C11H16N4O. The van der Waals surface area contributed by atoms with Crippen LogP contribution in [0.2, 0.25) is 0 Å². The van der Waals surface area contributed by atoms with Crippen LogP contribution in [-0.2, 0) is 13.5 Å². The predicted molar refractivity (Wildman–Crippen MR) is 62.4 cm³/mol. The van der Waals surface area contributed by atoms with Crippen molar-refractivity contribution in [3.8, 4) is 0 Å². The highest BCUT2D eigenvalue weighted by molar-refractivity contribution is 5.69. The van der Waals surface area contributed by atoms with Gasteiger partial charge >= 0.3 is 5.69 Å². The lowest BCUT2D eigenvalue weighted by Crippen LogP contribution is -2.11. The maximum absolute atomic E-state index is 11.3. The molecule has 0 radical (unpaired) electrons. The van der Waals surface area contributed by atoms with Gasteiger partial charge in [0, 0.05) is 13.5 Å². The summed E-state index contributed by atoms with van der Waals surface area (Å²) in [5.74, 6) is 0.808. The molecule has 0 atom stereocenters. The van der Waals surface area contributed by atoms with Crippen molar-refractivity contribution in [2.24, 2.45) is 7.05 Å². The summed E-state index contributed by atoms with van der Waals surface area (Å²) in [4.78, 5) is 22.7. The van der Waals surface area contributed by atoms with Crippen LogP contribution in [0.25, 0.3) is 11.2 Å². The Morgan fingerprint density at radius 3 is 3.00 bits per heavy atom. The number of rotatable bonds is 4. The van der Waals surface area contributed by atoms with Crippen LogP contribution in [0.5, 0.6) is 0 Å². The first-order chi connectivity index (χ1) is 7.72. The predicted octanol–water partition coefficient (Wildman–Crippen LogP) is 1.39. The van der Waals surface area contributed by atoms with Crippen LogP contribution in [0.4, 0.5) is 0 Å². The zero-order chi connectivity index (χ0) is 11.5. The molecule has 0 aliphatic carbocycles. The van der Waals surface area contributed by atoms with Crippen molar-refractivity contribution in [1.29, 1.82) is 0 Å². The van der Waals surface area contributed by atoms with Crippen LogP contribution in [0.15, 0.2) is 11.0 Å². The number of fused-ring (bicyclic) bond motifs is 1. The van der Waals surface area contributed by atoms with Crippen LogP contribution >= 0.6 is 0 Å². The Bertz CT molecular complexity index is 540. The Balaban J connectivity index is 2.27. The van der Waals surface area contributed by atoms with E-state index in [2.05, 4.69) is 21.9 Å². The number of unbranched alkanes of at least 4 members (excludes halogenated alkanes) is 2. The topological polar surface area (TPSA) is 63.6 Å². The molecule has 2 rings (SSSR count).